The smallest absolute Gasteiger partial charge is 0.241 e. The molecule has 0 radical (unpaired) electrons. The van der Waals surface area contributed by atoms with Gasteiger partial charge in [0.25, 0.3) is 0 Å². The van der Waals surface area contributed by atoms with Crippen LogP contribution in [0.15, 0.2) is 34.9 Å². The molecule has 6 heteroatoms. The van der Waals surface area contributed by atoms with E-state index in [1.165, 1.54) is 6.20 Å². The van der Waals surface area contributed by atoms with Gasteiger partial charge in [0, 0.05) is 4.47 Å². The molecular weight excluding hydrogens is 305 g/mol. The number of anilines is 1. The molecule has 0 amide bonds. The molecule has 0 aliphatic rings. The molecular formula is C11H9BrClN3O. The molecule has 0 aliphatic carbocycles. The molecule has 0 bridgehead atoms. The first-order valence-corrected chi connectivity index (χ1v) is 5.97. The van der Waals surface area contributed by atoms with E-state index < -0.39 is 0 Å². The van der Waals surface area contributed by atoms with Crippen molar-refractivity contribution >= 4 is 33.2 Å². The van der Waals surface area contributed by atoms with Crippen LogP contribution < -0.4 is 10.5 Å². The first-order valence-electron chi connectivity index (χ1n) is 4.80. The summed E-state index contributed by atoms with van der Waals surface area (Å²) in [7, 11) is 0. The van der Waals surface area contributed by atoms with Crippen LogP contribution in [0.5, 0.6) is 5.88 Å². The molecule has 1 heterocycles. The minimum Gasteiger partial charge on any atom is -0.471 e. The number of nitrogen functional groups attached to an aromatic ring is 1. The van der Waals surface area contributed by atoms with Gasteiger partial charge in [-0.25, -0.2) is 4.98 Å². The van der Waals surface area contributed by atoms with Gasteiger partial charge in [0.05, 0.1) is 6.20 Å². The van der Waals surface area contributed by atoms with Crippen molar-refractivity contribution in [3.63, 3.8) is 0 Å². The molecule has 0 atom stereocenters. The number of nitrogens with two attached hydrogens (primary N) is 1. The van der Waals surface area contributed by atoms with Crippen LogP contribution in [-0.4, -0.2) is 9.97 Å². The normalized spacial score (nSPS) is 10.2. The van der Waals surface area contributed by atoms with E-state index in [1.807, 2.05) is 24.3 Å². The average Bonchev–Trinajstić information content (AvgIpc) is 2.32. The predicted octanol–water partition coefficient (Wildman–Crippen LogP) is 3.05. The molecule has 2 aromatic rings. The zero-order valence-electron chi connectivity index (χ0n) is 8.73. The van der Waals surface area contributed by atoms with Gasteiger partial charge in [0.1, 0.15) is 12.3 Å². The summed E-state index contributed by atoms with van der Waals surface area (Å²) >= 11 is 9.02. The quantitative estimate of drug-likeness (QED) is 0.885. The van der Waals surface area contributed by atoms with Crippen LogP contribution in [0.2, 0.25) is 5.28 Å². The van der Waals surface area contributed by atoms with E-state index in [1.54, 1.807) is 0 Å². The second-order valence-corrected chi connectivity index (χ2v) is 4.57. The number of benzene rings is 1. The number of ether oxygens (including phenoxy) is 1. The lowest BCUT2D eigenvalue weighted by atomic mass is 10.2. The first-order chi connectivity index (χ1) is 8.15. The molecule has 2 N–H and O–H groups in total. The van der Waals surface area contributed by atoms with E-state index in [0.29, 0.717) is 18.2 Å². The zero-order chi connectivity index (χ0) is 12.3. The van der Waals surface area contributed by atoms with Crippen molar-refractivity contribution in [3.8, 4) is 5.88 Å². The summed E-state index contributed by atoms with van der Waals surface area (Å²) in [5.74, 6) is 0.299. The van der Waals surface area contributed by atoms with Crippen molar-refractivity contribution < 1.29 is 4.74 Å². The summed E-state index contributed by atoms with van der Waals surface area (Å²) in [5, 5.41) is 0.116. The topological polar surface area (TPSA) is 61.0 Å². The first kappa shape index (κ1) is 12.1. The van der Waals surface area contributed by atoms with Crippen LogP contribution in [0, 0.1) is 0 Å². The lowest BCUT2D eigenvalue weighted by Crippen LogP contribution is -2.01. The van der Waals surface area contributed by atoms with Gasteiger partial charge in [0.15, 0.2) is 0 Å². The highest BCUT2D eigenvalue weighted by atomic mass is 79.9. The Bertz CT molecular complexity index is 519. The zero-order valence-corrected chi connectivity index (χ0v) is 11.1. The highest BCUT2D eigenvalue weighted by Crippen LogP contribution is 2.20. The van der Waals surface area contributed by atoms with Crippen LogP contribution in [0.3, 0.4) is 0 Å². The molecule has 0 unspecified atom stereocenters. The van der Waals surface area contributed by atoms with E-state index in [0.717, 1.165) is 10.0 Å². The molecule has 4 nitrogen and oxygen atoms in total. The fraction of sp³-hybridized carbons (Fsp3) is 0.0909. The third-order valence-corrected chi connectivity index (χ3v) is 2.75. The van der Waals surface area contributed by atoms with Gasteiger partial charge in [-0.1, -0.05) is 28.1 Å². The van der Waals surface area contributed by atoms with Crippen molar-refractivity contribution in [1.29, 1.82) is 0 Å². The molecule has 0 saturated carbocycles. The largest absolute Gasteiger partial charge is 0.471 e. The summed E-state index contributed by atoms with van der Waals surface area (Å²) in [6, 6.07) is 7.77. The second kappa shape index (κ2) is 5.33. The van der Waals surface area contributed by atoms with Crippen LogP contribution in [-0.2, 0) is 6.61 Å². The van der Waals surface area contributed by atoms with E-state index in [4.69, 9.17) is 22.1 Å². The summed E-state index contributed by atoms with van der Waals surface area (Å²) in [6.07, 6.45) is 1.42. The van der Waals surface area contributed by atoms with Crippen molar-refractivity contribution in [2.45, 2.75) is 6.61 Å². The SMILES string of the molecule is Nc1cnc(Cl)nc1OCc1ccc(Br)cc1. The lowest BCUT2D eigenvalue weighted by Gasteiger charge is -2.07. The third kappa shape index (κ3) is 3.31. The van der Waals surface area contributed by atoms with Crippen molar-refractivity contribution in [1.82, 2.24) is 9.97 Å². The molecule has 0 spiro atoms. The fourth-order valence-electron chi connectivity index (χ4n) is 1.20. The van der Waals surface area contributed by atoms with Crippen molar-refractivity contribution in [2.75, 3.05) is 5.73 Å². The highest BCUT2D eigenvalue weighted by Gasteiger charge is 2.04. The molecule has 0 aliphatic heterocycles. The summed E-state index contributed by atoms with van der Waals surface area (Å²) in [6.45, 7) is 0.380. The highest BCUT2D eigenvalue weighted by molar-refractivity contribution is 9.10. The number of nitrogens with zero attached hydrogens (tertiary/aromatic N) is 2. The standard InChI is InChI=1S/C11H9BrClN3O/c12-8-3-1-7(2-4-8)6-17-10-9(14)5-15-11(13)16-10/h1-5H,6,14H2. The Labute approximate surface area is 112 Å². The van der Waals surface area contributed by atoms with Crippen LogP contribution in [0.25, 0.3) is 0 Å². The number of aromatic nitrogens is 2. The Balaban J connectivity index is 2.07. The molecule has 2 rings (SSSR count). The van der Waals surface area contributed by atoms with E-state index in [9.17, 15) is 0 Å². The predicted molar refractivity (Wildman–Crippen MR) is 69.9 cm³/mol. The van der Waals surface area contributed by atoms with Crippen molar-refractivity contribution in [2.24, 2.45) is 0 Å². The number of hydrogen-bond acceptors (Lipinski definition) is 4. The number of halogens is 2. The van der Waals surface area contributed by atoms with Gasteiger partial charge in [-0.3, -0.25) is 0 Å². The van der Waals surface area contributed by atoms with Crippen LogP contribution in [0.4, 0.5) is 5.69 Å². The van der Waals surface area contributed by atoms with E-state index in [2.05, 4.69) is 25.9 Å². The van der Waals surface area contributed by atoms with Crippen LogP contribution >= 0.6 is 27.5 Å². The Kier molecular flexibility index (Phi) is 3.81. The van der Waals surface area contributed by atoms with Gasteiger partial charge >= 0.3 is 0 Å². The molecule has 17 heavy (non-hydrogen) atoms. The van der Waals surface area contributed by atoms with Gasteiger partial charge in [-0.15, -0.1) is 0 Å². The average molecular weight is 315 g/mol. The van der Waals surface area contributed by atoms with Crippen LogP contribution in [0.1, 0.15) is 5.56 Å². The molecule has 88 valence electrons. The summed E-state index contributed by atoms with van der Waals surface area (Å²) < 4.78 is 6.49. The third-order valence-electron chi connectivity index (χ3n) is 2.04. The van der Waals surface area contributed by atoms with Crippen molar-refractivity contribution in [3.05, 3.63) is 45.8 Å². The maximum atomic E-state index is 5.66. The number of rotatable bonds is 3. The molecule has 1 aromatic heterocycles. The molecule has 0 saturated heterocycles. The second-order valence-electron chi connectivity index (χ2n) is 3.31. The van der Waals surface area contributed by atoms with Gasteiger partial charge < -0.3 is 10.5 Å². The summed E-state index contributed by atoms with van der Waals surface area (Å²) in [5.41, 5.74) is 7.04. The molecule has 0 fully saturated rings. The number of hydrogen-bond donors (Lipinski definition) is 1. The van der Waals surface area contributed by atoms with Gasteiger partial charge in [-0.2, -0.15) is 4.98 Å². The minimum absolute atomic E-state index is 0.116. The lowest BCUT2D eigenvalue weighted by molar-refractivity contribution is 0.295. The minimum atomic E-state index is 0.116. The van der Waals surface area contributed by atoms with Gasteiger partial charge in [0.2, 0.25) is 11.2 Å². The Morgan fingerprint density at radius 2 is 2.00 bits per heavy atom. The summed E-state index contributed by atoms with van der Waals surface area (Å²) in [4.78, 5) is 7.65. The Morgan fingerprint density at radius 1 is 1.29 bits per heavy atom. The maximum absolute atomic E-state index is 5.66. The Hall–Kier alpha value is -1.33. The monoisotopic (exact) mass is 313 g/mol. The van der Waals surface area contributed by atoms with E-state index in [-0.39, 0.29) is 5.28 Å². The maximum Gasteiger partial charge on any atom is 0.241 e. The fourth-order valence-corrected chi connectivity index (χ4v) is 1.59. The van der Waals surface area contributed by atoms with E-state index >= 15 is 0 Å². The van der Waals surface area contributed by atoms with Gasteiger partial charge in [-0.05, 0) is 29.3 Å². The Morgan fingerprint density at radius 3 is 2.71 bits per heavy atom. The molecule has 1 aromatic carbocycles.